The van der Waals surface area contributed by atoms with Crippen molar-refractivity contribution in [1.29, 1.82) is 0 Å². The average Bonchev–Trinajstić information content (AvgIpc) is 2.49. The number of hydrogen-bond acceptors (Lipinski definition) is 6. The van der Waals surface area contributed by atoms with Crippen LogP contribution in [0.5, 0.6) is 0 Å². The molecule has 0 unspecified atom stereocenters. The van der Waals surface area contributed by atoms with E-state index >= 15 is 0 Å². The third-order valence-corrected chi connectivity index (χ3v) is 3.64. The van der Waals surface area contributed by atoms with Crippen LogP contribution < -0.4 is 5.32 Å². The van der Waals surface area contributed by atoms with E-state index < -0.39 is 0 Å². The van der Waals surface area contributed by atoms with E-state index in [-0.39, 0.29) is 0 Å². The molecule has 0 saturated heterocycles. The van der Waals surface area contributed by atoms with Crippen molar-refractivity contribution in [2.45, 2.75) is 20.0 Å². The molecule has 0 atom stereocenters. The van der Waals surface area contributed by atoms with Crippen LogP contribution in [0.3, 0.4) is 0 Å². The summed E-state index contributed by atoms with van der Waals surface area (Å²) in [5.74, 6) is 1.83. The van der Waals surface area contributed by atoms with E-state index in [0.29, 0.717) is 18.3 Å². The number of nitrogens with zero attached hydrogens (tertiary/aromatic N) is 4. The van der Waals surface area contributed by atoms with E-state index in [1.165, 1.54) is 0 Å². The molecule has 0 spiro atoms. The molecule has 2 heterocycles. The smallest absolute Gasteiger partial charge is 0.200 e. The second-order valence-electron chi connectivity index (χ2n) is 4.09. The number of nitrogens with one attached hydrogen (secondary N) is 1. The number of rotatable bonds is 6. The van der Waals surface area contributed by atoms with Gasteiger partial charge in [0, 0.05) is 26.0 Å². The summed E-state index contributed by atoms with van der Waals surface area (Å²) in [6.45, 7) is 3.40. The van der Waals surface area contributed by atoms with Crippen molar-refractivity contribution in [3.8, 4) is 11.6 Å². The van der Waals surface area contributed by atoms with Crippen molar-refractivity contribution in [3.05, 3.63) is 27.7 Å². The fourth-order valence-corrected chi connectivity index (χ4v) is 2.19. The molecule has 0 bridgehead atoms. The lowest BCUT2D eigenvalue weighted by atomic mass is 10.3. The average molecular weight is 385 g/mol. The Bertz CT molecular complexity index is 564. The van der Waals surface area contributed by atoms with Crippen LogP contribution in [0.1, 0.15) is 19.0 Å². The highest BCUT2D eigenvalue weighted by atomic mass is 127. The van der Waals surface area contributed by atoms with Gasteiger partial charge in [-0.3, -0.25) is 0 Å². The molecule has 1 N–H and O–H groups in total. The summed E-state index contributed by atoms with van der Waals surface area (Å²) in [6, 6.07) is 1.77. The van der Waals surface area contributed by atoms with E-state index in [0.717, 1.165) is 28.0 Å². The Morgan fingerprint density at radius 3 is 2.60 bits per heavy atom. The van der Waals surface area contributed by atoms with Crippen LogP contribution >= 0.6 is 22.6 Å². The van der Waals surface area contributed by atoms with Crippen LogP contribution in [0.2, 0.25) is 0 Å². The van der Waals surface area contributed by atoms with E-state index in [1.807, 2.05) is 0 Å². The van der Waals surface area contributed by atoms with Gasteiger partial charge in [0.15, 0.2) is 11.6 Å². The quantitative estimate of drug-likeness (QED) is 0.771. The first-order chi connectivity index (χ1) is 9.76. The SMILES string of the molecule is CCCNc1nc(-c2ncccn2)nc(COC)c1I. The molecule has 2 aromatic rings. The van der Waals surface area contributed by atoms with Crippen LogP contribution in [0, 0.1) is 3.57 Å². The van der Waals surface area contributed by atoms with Gasteiger partial charge in [0.05, 0.1) is 15.9 Å². The van der Waals surface area contributed by atoms with Gasteiger partial charge in [0.1, 0.15) is 5.82 Å². The van der Waals surface area contributed by atoms with Gasteiger partial charge in [-0.2, -0.15) is 0 Å². The molecular formula is C13H16IN5O. The summed E-state index contributed by atoms with van der Waals surface area (Å²) in [7, 11) is 1.65. The van der Waals surface area contributed by atoms with Gasteiger partial charge in [-0.15, -0.1) is 0 Å². The molecule has 0 radical (unpaired) electrons. The molecule has 0 aliphatic carbocycles. The Labute approximate surface area is 131 Å². The Hall–Kier alpha value is -1.35. The molecule has 2 rings (SSSR count). The standard InChI is InChI=1S/C13H16IN5O/c1-3-5-15-11-10(14)9(8-20-2)18-13(19-11)12-16-6-4-7-17-12/h4,6-7H,3,5,8H2,1-2H3,(H,15,18,19). The lowest BCUT2D eigenvalue weighted by Gasteiger charge is -2.11. The number of methoxy groups -OCH3 is 1. The molecule has 0 fully saturated rings. The third-order valence-electron chi connectivity index (χ3n) is 2.51. The van der Waals surface area contributed by atoms with Gasteiger partial charge < -0.3 is 10.1 Å². The van der Waals surface area contributed by atoms with Crippen LogP contribution in [-0.2, 0) is 11.3 Å². The number of halogens is 1. The van der Waals surface area contributed by atoms with Crippen molar-refractivity contribution in [2.24, 2.45) is 0 Å². The number of anilines is 1. The zero-order valence-electron chi connectivity index (χ0n) is 11.4. The molecular weight excluding hydrogens is 369 g/mol. The summed E-state index contributed by atoms with van der Waals surface area (Å²) in [5, 5.41) is 3.30. The molecule has 0 amide bonds. The van der Waals surface area contributed by atoms with Gasteiger partial charge in [0.2, 0.25) is 0 Å². The zero-order valence-corrected chi connectivity index (χ0v) is 13.6. The zero-order chi connectivity index (χ0) is 14.4. The van der Waals surface area contributed by atoms with Gasteiger partial charge in [-0.05, 0) is 35.1 Å². The Kier molecular flexibility index (Phi) is 5.60. The minimum Gasteiger partial charge on any atom is -0.378 e. The van der Waals surface area contributed by atoms with E-state index in [9.17, 15) is 0 Å². The first-order valence-electron chi connectivity index (χ1n) is 6.32. The summed E-state index contributed by atoms with van der Waals surface area (Å²) >= 11 is 2.23. The van der Waals surface area contributed by atoms with Gasteiger partial charge >= 0.3 is 0 Å². The Balaban J connectivity index is 2.44. The molecule has 0 aromatic carbocycles. The maximum Gasteiger partial charge on any atom is 0.200 e. The van der Waals surface area contributed by atoms with Gasteiger partial charge in [-0.1, -0.05) is 6.92 Å². The van der Waals surface area contributed by atoms with Crippen LogP contribution in [0.25, 0.3) is 11.6 Å². The van der Waals surface area contributed by atoms with Crippen molar-refractivity contribution < 1.29 is 4.74 Å². The highest BCUT2D eigenvalue weighted by molar-refractivity contribution is 14.1. The summed E-state index contributed by atoms with van der Waals surface area (Å²) < 4.78 is 6.17. The minimum atomic E-state index is 0.432. The number of hydrogen-bond donors (Lipinski definition) is 1. The predicted octanol–water partition coefficient (Wildman–Crippen LogP) is 2.51. The molecule has 7 heteroatoms. The maximum absolute atomic E-state index is 5.20. The summed E-state index contributed by atoms with van der Waals surface area (Å²) in [4.78, 5) is 17.4. The maximum atomic E-state index is 5.20. The molecule has 20 heavy (non-hydrogen) atoms. The molecule has 0 aliphatic heterocycles. The van der Waals surface area contributed by atoms with Gasteiger partial charge in [0.25, 0.3) is 0 Å². The summed E-state index contributed by atoms with van der Waals surface area (Å²) in [5.41, 5.74) is 0.837. The normalized spacial score (nSPS) is 10.6. The monoisotopic (exact) mass is 385 g/mol. The third kappa shape index (κ3) is 3.60. The topological polar surface area (TPSA) is 72.8 Å². The number of ether oxygens (including phenoxy) is 1. The largest absolute Gasteiger partial charge is 0.378 e. The molecule has 0 saturated carbocycles. The first kappa shape index (κ1) is 15.0. The lowest BCUT2D eigenvalue weighted by Crippen LogP contribution is -2.10. The highest BCUT2D eigenvalue weighted by Crippen LogP contribution is 2.22. The van der Waals surface area contributed by atoms with Crippen LogP contribution in [0.4, 0.5) is 5.82 Å². The fraction of sp³-hybridized carbons (Fsp3) is 0.385. The van der Waals surface area contributed by atoms with Crippen molar-refractivity contribution >= 4 is 28.4 Å². The van der Waals surface area contributed by atoms with Crippen molar-refractivity contribution in [1.82, 2.24) is 19.9 Å². The van der Waals surface area contributed by atoms with Gasteiger partial charge in [-0.25, -0.2) is 19.9 Å². The van der Waals surface area contributed by atoms with Crippen molar-refractivity contribution in [3.63, 3.8) is 0 Å². The van der Waals surface area contributed by atoms with E-state index in [4.69, 9.17) is 4.74 Å². The number of aromatic nitrogens is 4. The van der Waals surface area contributed by atoms with Crippen molar-refractivity contribution in [2.75, 3.05) is 19.0 Å². The second kappa shape index (κ2) is 7.44. The van der Waals surface area contributed by atoms with Crippen LogP contribution in [0.15, 0.2) is 18.5 Å². The molecule has 2 aromatic heterocycles. The fourth-order valence-electron chi connectivity index (χ4n) is 1.60. The van der Waals surface area contributed by atoms with Crippen LogP contribution in [-0.4, -0.2) is 33.6 Å². The lowest BCUT2D eigenvalue weighted by molar-refractivity contribution is 0.181. The second-order valence-corrected chi connectivity index (χ2v) is 5.17. The Morgan fingerprint density at radius 2 is 1.95 bits per heavy atom. The Morgan fingerprint density at radius 1 is 1.20 bits per heavy atom. The first-order valence-corrected chi connectivity index (χ1v) is 7.40. The minimum absolute atomic E-state index is 0.432. The molecule has 6 nitrogen and oxygen atoms in total. The summed E-state index contributed by atoms with van der Waals surface area (Å²) in [6.07, 6.45) is 4.38. The molecule has 106 valence electrons. The van der Waals surface area contributed by atoms with E-state index in [2.05, 4.69) is 54.8 Å². The predicted molar refractivity (Wildman–Crippen MR) is 85.3 cm³/mol. The van der Waals surface area contributed by atoms with E-state index in [1.54, 1.807) is 25.6 Å². The highest BCUT2D eigenvalue weighted by Gasteiger charge is 2.14. The molecule has 0 aliphatic rings.